The lowest BCUT2D eigenvalue weighted by atomic mass is 9.95. The molecule has 2 aromatic rings. The molecule has 24 heavy (non-hydrogen) atoms. The Hall–Kier alpha value is -2.21. The number of nitrogens with zero attached hydrogens (tertiary/aromatic N) is 4. The van der Waals surface area contributed by atoms with E-state index in [1.165, 1.54) is 5.56 Å². The van der Waals surface area contributed by atoms with E-state index < -0.39 is 0 Å². The van der Waals surface area contributed by atoms with E-state index in [1.807, 2.05) is 23.1 Å². The van der Waals surface area contributed by atoms with Crippen LogP contribution in [0.3, 0.4) is 0 Å². The number of piperidine rings is 1. The molecule has 0 atom stereocenters. The van der Waals surface area contributed by atoms with Crippen molar-refractivity contribution in [3.8, 4) is 0 Å². The molecule has 0 aliphatic carbocycles. The number of amides is 1. The number of benzene rings is 1. The Kier molecular flexibility index (Phi) is 4.06. The van der Waals surface area contributed by atoms with Crippen LogP contribution in [0.2, 0.25) is 0 Å². The van der Waals surface area contributed by atoms with Crippen molar-refractivity contribution >= 4 is 5.91 Å². The van der Waals surface area contributed by atoms with E-state index in [4.69, 9.17) is 4.74 Å². The number of aryl methyl sites for hydroxylation is 1. The fourth-order valence-electron chi connectivity index (χ4n) is 3.65. The fraction of sp³-hybridized carbons (Fsp3) is 0.500. The molecule has 1 amide bonds. The Bertz CT molecular complexity index is 747. The summed E-state index contributed by atoms with van der Waals surface area (Å²) < 4.78 is 7.53. The molecular weight excluding hydrogens is 304 g/mol. The molecule has 2 aliphatic heterocycles. The summed E-state index contributed by atoms with van der Waals surface area (Å²) in [5.41, 5.74) is 3.12. The molecule has 4 rings (SSSR count). The smallest absolute Gasteiger partial charge is 0.253 e. The van der Waals surface area contributed by atoms with Gasteiger partial charge in [-0.1, -0.05) is 6.07 Å². The SMILES string of the molecule is CCn1cnnc1C1CCN(C(=O)c2ccc3c(c2)COC3)CC1. The minimum atomic E-state index is 0.125. The van der Waals surface area contributed by atoms with Crippen molar-refractivity contribution < 1.29 is 9.53 Å². The predicted octanol–water partition coefficient (Wildman–Crippen LogP) is 2.35. The zero-order valence-corrected chi connectivity index (χ0v) is 13.9. The first-order chi connectivity index (χ1) is 11.8. The number of rotatable bonds is 3. The standard InChI is InChI=1S/C18H22N4O2/c1-2-21-12-19-20-17(21)13-5-7-22(8-6-13)18(23)14-3-4-15-10-24-11-16(15)9-14/h3-4,9,12-13H,2,5-8,10-11H2,1H3. The molecule has 126 valence electrons. The molecule has 6 nitrogen and oxygen atoms in total. The normalized spacial score (nSPS) is 18.0. The molecule has 0 spiro atoms. The molecule has 3 heterocycles. The second-order valence-electron chi connectivity index (χ2n) is 6.52. The number of hydrogen-bond donors (Lipinski definition) is 0. The number of fused-ring (bicyclic) bond motifs is 1. The van der Waals surface area contributed by atoms with Gasteiger partial charge in [0.05, 0.1) is 13.2 Å². The third kappa shape index (κ3) is 2.71. The van der Waals surface area contributed by atoms with E-state index in [0.29, 0.717) is 19.1 Å². The van der Waals surface area contributed by atoms with Crippen LogP contribution < -0.4 is 0 Å². The first kappa shape index (κ1) is 15.3. The highest BCUT2D eigenvalue weighted by atomic mass is 16.5. The summed E-state index contributed by atoms with van der Waals surface area (Å²) in [7, 11) is 0. The quantitative estimate of drug-likeness (QED) is 0.869. The van der Waals surface area contributed by atoms with Crippen LogP contribution >= 0.6 is 0 Å². The van der Waals surface area contributed by atoms with Gasteiger partial charge in [0, 0.05) is 31.1 Å². The first-order valence-corrected chi connectivity index (χ1v) is 8.62. The van der Waals surface area contributed by atoms with Crippen molar-refractivity contribution in [1.29, 1.82) is 0 Å². The number of likely N-dealkylation sites (tertiary alicyclic amines) is 1. The van der Waals surface area contributed by atoms with Crippen LogP contribution in [0.1, 0.15) is 53.0 Å². The molecule has 1 saturated heterocycles. The summed E-state index contributed by atoms with van der Waals surface area (Å²) in [6, 6.07) is 5.94. The van der Waals surface area contributed by atoms with E-state index >= 15 is 0 Å². The highest BCUT2D eigenvalue weighted by molar-refractivity contribution is 5.94. The summed E-state index contributed by atoms with van der Waals surface area (Å²) >= 11 is 0. The Morgan fingerprint density at radius 1 is 1.25 bits per heavy atom. The lowest BCUT2D eigenvalue weighted by molar-refractivity contribution is 0.0710. The monoisotopic (exact) mass is 326 g/mol. The molecule has 1 aromatic heterocycles. The molecule has 0 N–H and O–H groups in total. The van der Waals surface area contributed by atoms with E-state index in [1.54, 1.807) is 6.33 Å². The van der Waals surface area contributed by atoms with Crippen LogP contribution in [0.15, 0.2) is 24.5 Å². The summed E-state index contributed by atoms with van der Waals surface area (Å²) in [6.07, 6.45) is 3.68. The van der Waals surface area contributed by atoms with Gasteiger partial charge >= 0.3 is 0 Å². The highest BCUT2D eigenvalue weighted by Gasteiger charge is 2.27. The van der Waals surface area contributed by atoms with Gasteiger partial charge in [-0.3, -0.25) is 4.79 Å². The second-order valence-corrected chi connectivity index (χ2v) is 6.52. The van der Waals surface area contributed by atoms with Gasteiger partial charge in [0.2, 0.25) is 0 Å². The summed E-state index contributed by atoms with van der Waals surface area (Å²) in [5.74, 6) is 1.57. The third-order valence-corrected chi connectivity index (χ3v) is 5.10. The first-order valence-electron chi connectivity index (χ1n) is 8.62. The van der Waals surface area contributed by atoms with Gasteiger partial charge in [0.25, 0.3) is 5.91 Å². The summed E-state index contributed by atoms with van der Waals surface area (Å²) in [4.78, 5) is 14.7. The molecule has 6 heteroatoms. The van der Waals surface area contributed by atoms with Crippen LogP contribution in [0.5, 0.6) is 0 Å². The molecule has 0 unspecified atom stereocenters. The summed E-state index contributed by atoms with van der Waals surface area (Å²) in [5, 5.41) is 8.30. The van der Waals surface area contributed by atoms with Gasteiger partial charge in [0.1, 0.15) is 12.2 Å². The van der Waals surface area contributed by atoms with E-state index in [0.717, 1.165) is 49.4 Å². The van der Waals surface area contributed by atoms with E-state index in [2.05, 4.69) is 21.7 Å². The molecule has 0 bridgehead atoms. The number of ether oxygens (including phenoxy) is 1. The largest absolute Gasteiger partial charge is 0.372 e. The van der Waals surface area contributed by atoms with Crippen molar-refractivity contribution in [3.05, 3.63) is 47.0 Å². The summed E-state index contributed by atoms with van der Waals surface area (Å²) in [6.45, 7) is 5.81. The maximum Gasteiger partial charge on any atom is 0.253 e. The minimum absolute atomic E-state index is 0.125. The maximum atomic E-state index is 12.8. The zero-order chi connectivity index (χ0) is 16.5. The number of carbonyl (C=O) groups excluding carboxylic acids is 1. The molecule has 0 radical (unpaired) electrons. The fourth-order valence-corrected chi connectivity index (χ4v) is 3.65. The zero-order valence-electron chi connectivity index (χ0n) is 13.9. The van der Waals surface area contributed by atoms with Gasteiger partial charge < -0.3 is 14.2 Å². The predicted molar refractivity (Wildman–Crippen MR) is 88.5 cm³/mol. The molecular formula is C18H22N4O2. The van der Waals surface area contributed by atoms with Crippen LogP contribution in [0.4, 0.5) is 0 Å². The second kappa shape index (κ2) is 6.36. The number of hydrogen-bond acceptors (Lipinski definition) is 4. The van der Waals surface area contributed by atoms with Crippen molar-refractivity contribution in [1.82, 2.24) is 19.7 Å². The number of aromatic nitrogens is 3. The van der Waals surface area contributed by atoms with Crippen LogP contribution in [-0.4, -0.2) is 38.7 Å². The molecule has 0 saturated carbocycles. The Morgan fingerprint density at radius 3 is 2.83 bits per heavy atom. The molecule has 1 fully saturated rings. The molecule has 2 aliphatic rings. The molecule has 1 aromatic carbocycles. The lowest BCUT2D eigenvalue weighted by Crippen LogP contribution is -2.38. The third-order valence-electron chi connectivity index (χ3n) is 5.10. The Labute approximate surface area is 141 Å². The maximum absolute atomic E-state index is 12.8. The Balaban J connectivity index is 1.43. The van der Waals surface area contributed by atoms with Crippen LogP contribution in [-0.2, 0) is 24.5 Å². The van der Waals surface area contributed by atoms with Gasteiger partial charge in [0.15, 0.2) is 0 Å². The topological polar surface area (TPSA) is 60.2 Å². The van der Waals surface area contributed by atoms with Crippen molar-refractivity contribution in [2.75, 3.05) is 13.1 Å². The average Bonchev–Trinajstić information content (AvgIpc) is 3.29. The van der Waals surface area contributed by atoms with Gasteiger partial charge in [-0.2, -0.15) is 0 Å². The lowest BCUT2D eigenvalue weighted by Gasteiger charge is -2.31. The van der Waals surface area contributed by atoms with Crippen molar-refractivity contribution in [2.45, 2.75) is 45.4 Å². The minimum Gasteiger partial charge on any atom is -0.372 e. The van der Waals surface area contributed by atoms with Gasteiger partial charge in [-0.25, -0.2) is 0 Å². The number of carbonyl (C=O) groups is 1. The van der Waals surface area contributed by atoms with E-state index in [9.17, 15) is 4.79 Å². The van der Waals surface area contributed by atoms with Crippen LogP contribution in [0.25, 0.3) is 0 Å². The van der Waals surface area contributed by atoms with E-state index in [-0.39, 0.29) is 5.91 Å². The van der Waals surface area contributed by atoms with Gasteiger partial charge in [-0.05, 0) is 43.0 Å². The highest BCUT2D eigenvalue weighted by Crippen LogP contribution is 2.28. The average molecular weight is 326 g/mol. The Morgan fingerprint density at radius 2 is 2.04 bits per heavy atom. The van der Waals surface area contributed by atoms with Gasteiger partial charge in [-0.15, -0.1) is 10.2 Å². The van der Waals surface area contributed by atoms with Crippen molar-refractivity contribution in [3.63, 3.8) is 0 Å². The van der Waals surface area contributed by atoms with Crippen molar-refractivity contribution in [2.24, 2.45) is 0 Å². The van der Waals surface area contributed by atoms with Crippen LogP contribution in [0, 0.1) is 0 Å².